The van der Waals surface area contributed by atoms with E-state index in [0.717, 1.165) is 49.2 Å². The molecule has 128 valence electrons. The lowest BCUT2D eigenvalue weighted by Gasteiger charge is -2.13. The van der Waals surface area contributed by atoms with E-state index in [2.05, 4.69) is 30.3 Å². The van der Waals surface area contributed by atoms with Crippen molar-refractivity contribution in [2.24, 2.45) is 0 Å². The van der Waals surface area contributed by atoms with Crippen molar-refractivity contribution in [1.29, 1.82) is 0 Å². The summed E-state index contributed by atoms with van der Waals surface area (Å²) in [7, 11) is 0. The van der Waals surface area contributed by atoms with Crippen LogP contribution >= 0.6 is 0 Å². The number of hydrogen-bond donors (Lipinski definition) is 1. The minimum absolute atomic E-state index is 0.0613. The summed E-state index contributed by atoms with van der Waals surface area (Å²) in [6.45, 7) is 5.54. The van der Waals surface area contributed by atoms with Crippen LogP contribution in [-0.2, 0) is 11.2 Å². The molecule has 1 unspecified atom stereocenters. The third kappa shape index (κ3) is 3.51. The van der Waals surface area contributed by atoms with E-state index in [0.29, 0.717) is 12.1 Å². The van der Waals surface area contributed by atoms with Crippen LogP contribution in [0.3, 0.4) is 0 Å². The number of para-hydroxylation sites is 1. The molecule has 1 amide bonds. The molecule has 5 nitrogen and oxygen atoms in total. The number of ether oxygens (including phenoxy) is 1. The quantitative estimate of drug-likeness (QED) is 0.887. The van der Waals surface area contributed by atoms with Crippen molar-refractivity contribution in [3.05, 3.63) is 47.3 Å². The lowest BCUT2D eigenvalue weighted by molar-refractivity contribution is 0.0857. The Bertz CT molecular complexity index is 702. The zero-order chi connectivity index (χ0) is 16.9. The summed E-state index contributed by atoms with van der Waals surface area (Å²) in [5.41, 5.74) is 3.80. The first-order valence-electron chi connectivity index (χ1n) is 8.73. The summed E-state index contributed by atoms with van der Waals surface area (Å²) in [4.78, 5) is 12.6. The van der Waals surface area contributed by atoms with Gasteiger partial charge < -0.3 is 10.1 Å². The molecule has 0 radical (unpaired) electrons. The molecule has 0 spiro atoms. The van der Waals surface area contributed by atoms with Gasteiger partial charge in [-0.2, -0.15) is 5.10 Å². The van der Waals surface area contributed by atoms with Gasteiger partial charge in [-0.3, -0.25) is 4.79 Å². The van der Waals surface area contributed by atoms with Crippen LogP contribution in [0, 0.1) is 6.92 Å². The maximum absolute atomic E-state index is 12.6. The molecule has 3 rings (SSSR count). The zero-order valence-electron chi connectivity index (χ0n) is 14.4. The van der Waals surface area contributed by atoms with Gasteiger partial charge in [-0.1, -0.05) is 31.5 Å². The molecule has 1 aromatic carbocycles. The van der Waals surface area contributed by atoms with Gasteiger partial charge >= 0.3 is 0 Å². The molecule has 0 bridgehead atoms. The second kappa shape index (κ2) is 7.62. The highest BCUT2D eigenvalue weighted by molar-refractivity contribution is 5.95. The maximum Gasteiger partial charge on any atom is 0.254 e. The predicted octanol–water partition coefficient (Wildman–Crippen LogP) is 3.04. The summed E-state index contributed by atoms with van der Waals surface area (Å²) in [5.74, 6) is -0.0613. The molecule has 1 N–H and O–H groups in total. The van der Waals surface area contributed by atoms with E-state index in [1.807, 2.05) is 22.9 Å². The third-order valence-electron chi connectivity index (χ3n) is 4.46. The van der Waals surface area contributed by atoms with Gasteiger partial charge in [0.15, 0.2) is 0 Å². The Morgan fingerprint density at radius 1 is 1.42 bits per heavy atom. The molecule has 1 fully saturated rings. The Morgan fingerprint density at radius 3 is 2.96 bits per heavy atom. The highest BCUT2D eigenvalue weighted by atomic mass is 16.5. The molecule has 0 aliphatic carbocycles. The maximum atomic E-state index is 12.6. The zero-order valence-corrected chi connectivity index (χ0v) is 14.4. The standard InChI is InChI=1S/C19H25N3O2/c1-3-7-18-16(19(23)20-12-15-9-6-11-24-15)13-21-22(18)17-10-5-4-8-14(17)2/h4-5,8,10,13,15H,3,6-7,9,11-12H2,1-2H3,(H,20,23). The lowest BCUT2D eigenvalue weighted by Crippen LogP contribution is -2.32. The third-order valence-corrected chi connectivity index (χ3v) is 4.46. The SMILES string of the molecule is CCCc1c(C(=O)NCC2CCCO2)cnn1-c1ccccc1C. The van der Waals surface area contributed by atoms with Gasteiger partial charge in [0.2, 0.25) is 0 Å². The number of nitrogens with one attached hydrogen (secondary N) is 1. The number of amides is 1. The molecular formula is C19H25N3O2. The Balaban J connectivity index is 1.82. The number of aromatic nitrogens is 2. The molecule has 2 aromatic rings. The van der Waals surface area contributed by atoms with Crippen LogP contribution in [0.4, 0.5) is 0 Å². The van der Waals surface area contributed by atoms with Crippen molar-refractivity contribution in [3.63, 3.8) is 0 Å². The fourth-order valence-corrected chi connectivity index (χ4v) is 3.16. The molecule has 1 aliphatic heterocycles. The monoisotopic (exact) mass is 327 g/mol. The molecule has 1 aromatic heterocycles. The number of carbonyl (C=O) groups is 1. The highest BCUT2D eigenvalue weighted by Gasteiger charge is 2.21. The van der Waals surface area contributed by atoms with Crippen LogP contribution in [0.15, 0.2) is 30.5 Å². The Labute approximate surface area is 143 Å². The van der Waals surface area contributed by atoms with Crippen molar-refractivity contribution in [3.8, 4) is 5.69 Å². The smallest absolute Gasteiger partial charge is 0.254 e. The molecule has 1 aliphatic rings. The molecule has 1 atom stereocenters. The van der Waals surface area contributed by atoms with Gasteiger partial charge in [0, 0.05) is 13.2 Å². The normalized spacial score (nSPS) is 17.2. The largest absolute Gasteiger partial charge is 0.376 e. The van der Waals surface area contributed by atoms with Gasteiger partial charge in [0.25, 0.3) is 5.91 Å². The van der Waals surface area contributed by atoms with E-state index in [9.17, 15) is 4.79 Å². The molecule has 1 saturated heterocycles. The van der Waals surface area contributed by atoms with Gasteiger partial charge in [-0.05, 0) is 37.8 Å². The lowest BCUT2D eigenvalue weighted by atomic mass is 10.1. The first-order chi connectivity index (χ1) is 11.7. The van der Waals surface area contributed by atoms with E-state index in [4.69, 9.17) is 4.74 Å². The van der Waals surface area contributed by atoms with Crippen LogP contribution in [-0.4, -0.2) is 34.9 Å². The highest BCUT2D eigenvalue weighted by Crippen LogP contribution is 2.20. The van der Waals surface area contributed by atoms with Crippen LogP contribution in [0.1, 0.15) is 47.8 Å². The average Bonchev–Trinajstić information content (AvgIpc) is 3.23. The number of nitrogens with zero attached hydrogens (tertiary/aromatic N) is 2. The first-order valence-corrected chi connectivity index (χ1v) is 8.73. The summed E-state index contributed by atoms with van der Waals surface area (Å²) < 4.78 is 7.47. The minimum atomic E-state index is -0.0613. The molecular weight excluding hydrogens is 302 g/mol. The van der Waals surface area contributed by atoms with Crippen molar-refractivity contribution in [1.82, 2.24) is 15.1 Å². The molecule has 0 saturated carbocycles. The van der Waals surface area contributed by atoms with E-state index in [1.54, 1.807) is 6.20 Å². The van der Waals surface area contributed by atoms with E-state index >= 15 is 0 Å². The van der Waals surface area contributed by atoms with E-state index < -0.39 is 0 Å². The minimum Gasteiger partial charge on any atom is -0.376 e. The van der Waals surface area contributed by atoms with Crippen molar-refractivity contribution in [2.45, 2.75) is 45.6 Å². The summed E-state index contributed by atoms with van der Waals surface area (Å²) >= 11 is 0. The summed E-state index contributed by atoms with van der Waals surface area (Å²) in [6, 6.07) is 8.10. The van der Waals surface area contributed by atoms with Crippen LogP contribution in [0.2, 0.25) is 0 Å². The van der Waals surface area contributed by atoms with Gasteiger partial charge in [0.1, 0.15) is 0 Å². The number of benzene rings is 1. The van der Waals surface area contributed by atoms with Crippen LogP contribution in [0.5, 0.6) is 0 Å². The van der Waals surface area contributed by atoms with E-state index in [1.165, 1.54) is 0 Å². The summed E-state index contributed by atoms with van der Waals surface area (Å²) in [6.07, 6.45) is 5.70. The number of rotatable bonds is 6. The van der Waals surface area contributed by atoms with Crippen molar-refractivity contribution >= 4 is 5.91 Å². The van der Waals surface area contributed by atoms with Crippen LogP contribution < -0.4 is 5.32 Å². The number of aryl methyl sites for hydroxylation is 1. The molecule has 2 heterocycles. The topological polar surface area (TPSA) is 56.1 Å². The summed E-state index contributed by atoms with van der Waals surface area (Å²) in [5, 5.41) is 7.49. The van der Waals surface area contributed by atoms with E-state index in [-0.39, 0.29) is 12.0 Å². The number of hydrogen-bond acceptors (Lipinski definition) is 3. The second-order valence-electron chi connectivity index (χ2n) is 6.30. The second-order valence-corrected chi connectivity index (χ2v) is 6.30. The number of carbonyl (C=O) groups excluding carboxylic acids is 1. The molecule has 24 heavy (non-hydrogen) atoms. The fourth-order valence-electron chi connectivity index (χ4n) is 3.16. The Kier molecular flexibility index (Phi) is 5.30. The first kappa shape index (κ1) is 16.7. The molecule has 5 heteroatoms. The van der Waals surface area contributed by atoms with Crippen molar-refractivity contribution in [2.75, 3.05) is 13.2 Å². The van der Waals surface area contributed by atoms with Crippen LogP contribution in [0.25, 0.3) is 5.69 Å². The van der Waals surface area contributed by atoms with Gasteiger partial charge in [0.05, 0.1) is 29.2 Å². The Morgan fingerprint density at radius 2 is 2.25 bits per heavy atom. The predicted molar refractivity (Wildman–Crippen MR) is 93.6 cm³/mol. The Hall–Kier alpha value is -2.14. The van der Waals surface area contributed by atoms with Gasteiger partial charge in [-0.25, -0.2) is 4.68 Å². The van der Waals surface area contributed by atoms with Crippen molar-refractivity contribution < 1.29 is 9.53 Å². The van der Waals surface area contributed by atoms with Gasteiger partial charge in [-0.15, -0.1) is 0 Å². The fraction of sp³-hybridized carbons (Fsp3) is 0.474. The average molecular weight is 327 g/mol.